The first-order valence-electron chi connectivity index (χ1n) is 8.78. The van der Waals surface area contributed by atoms with Crippen molar-refractivity contribution in [2.45, 2.75) is 32.4 Å². The molecule has 0 saturated heterocycles. The van der Waals surface area contributed by atoms with Gasteiger partial charge in [0.1, 0.15) is 0 Å². The predicted molar refractivity (Wildman–Crippen MR) is 109 cm³/mol. The molecule has 0 bridgehead atoms. The molecule has 29 heavy (non-hydrogen) atoms. The van der Waals surface area contributed by atoms with E-state index in [1.54, 1.807) is 18.2 Å². The van der Waals surface area contributed by atoms with E-state index < -0.39 is 10.7 Å². The molecule has 8 nitrogen and oxygen atoms in total. The van der Waals surface area contributed by atoms with Crippen LogP contribution in [-0.2, 0) is 11.3 Å². The SMILES string of the molecule is CC(NC(=O)CCCn1c(=O)oc2cc([N+](=O)[O-])ccc21)c1ccc(Cl)cc1Cl. The fraction of sp³-hybridized carbons (Fsp3) is 0.263. The largest absolute Gasteiger partial charge is 0.419 e. The number of nitrogens with one attached hydrogen (secondary N) is 1. The molecular weight excluding hydrogens is 421 g/mol. The van der Waals surface area contributed by atoms with E-state index in [1.165, 1.54) is 22.8 Å². The number of amides is 1. The number of rotatable bonds is 7. The number of aryl methyl sites for hydroxylation is 1. The van der Waals surface area contributed by atoms with Crippen molar-refractivity contribution in [3.63, 3.8) is 0 Å². The molecule has 0 aliphatic heterocycles. The molecule has 1 heterocycles. The molecule has 1 N–H and O–H groups in total. The van der Waals surface area contributed by atoms with Gasteiger partial charge < -0.3 is 9.73 Å². The van der Waals surface area contributed by atoms with E-state index >= 15 is 0 Å². The number of hydrogen-bond acceptors (Lipinski definition) is 5. The molecule has 0 aliphatic rings. The van der Waals surface area contributed by atoms with Gasteiger partial charge in [0, 0.05) is 29.1 Å². The van der Waals surface area contributed by atoms with Gasteiger partial charge in [0.15, 0.2) is 5.58 Å². The number of nitrogens with zero attached hydrogens (tertiary/aromatic N) is 2. The molecule has 152 valence electrons. The number of carbonyl (C=O) groups is 1. The van der Waals surface area contributed by atoms with Crippen molar-refractivity contribution < 1.29 is 14.1 Å². The van der Waals surface area contributed by atoms with Crippen molar-refractivity contribution in [2.75, 3.05) is 0 Å². The van der Waals surface area contributed by atoms with Crippen molar-refractivity contribution >= 4 is 45.9 Å². The van der Waals surface area contributed by atoms with E-state index in [1.807, 2.05) is 6.92 Å². The number of nitro benzene ring substituents is 1. The molecule has 0 spiro atoms. The lowest BCUT2D eigenvalue weighted by atomic mass is 10.1. The molecule has 0 aliphatic carbocycles. The lowest BCUT2D eigenvalue weighted by Gasteiger charge is -2.16. The highest BCUT2D eigenvalue weighted by molar-refractivity contribution is 6.35. The fourth-order valence-electron chi connectivity index (χ4n) is 3.02. The van der Waals surface area contributed by atoms with Gasteiger partial charge >= 0.3 is 5.76 Å². The van der Waals surface area contributed by atoms with Crippen molar-refractivity contribution in [3.8, 4) is 0 Å². The number of nitro groups is 1. The van der Waals surface area contributed by atoms with Crippen LogP contribution in [0.2, 0.25) is 10.0 Å². The molecule has 3 rings (SSSR count). The van der Waals surface area contributed by atoms with E-state index in [4.69, 9.17) is 27.6 Å². The first-order valence-corrected chi connectivity index (χ1v) is 9.54. The summed E-state index contributed by atoms with van der Waals surface area (Å²) in [6.45, 7) is 2.06. The van der Waals surface area contributed by atoms with E-state index in [-0.39, 0.29) is 36.2 Å². The van der Waals surface area contributed by atoms with Gasteiger partial charge in [0.25, 0.3) is 5.69 Å². The molecule has 3 aromatic rings. The van der Waals surface area contributed by atoms with Crippen LogP contribution in [0.5, 0.6) is 0 Å². The molecule has 1 unspecified atom stereocenters. The summed E-state index contributed by atoms with van der Waals surface area (Å²) in [6.07, 6.45) is 0.570. The van der Waals surface area contributed by atoms with Gasteiger partial charge in [-0.05, 0) is 37.1 Å². The zero-order chi connectivity index (χ0) is 21.1. The van der Waals surface area contributed by atoms with Crippen molar-refractivity contribution in [1.29, 1.82) is 0 Å². The number of aromatic nitrogens is 1. The highest BCUT2D eigenvalue weighted by Gasteiger charge is 2.16. The summed E-state index contributed by atoms with van der Waals surface area (Å²) in [7, 11) is 0. The number of oxazole rings is 1. The number of fused-ring (bicyclic) bond motifs is 1. The maximum Gasteiger partial charge on any atom is 0.419 e. The zero-order valence-electron chi connectivity index (χ0n) is 15.4. The zero-order valence-corrected chi connectivity index (χ0v) is 16.9. The van der Waals surface area contributed by atoms with Gasteiger partial charge in [-0.15, -0.1) is 0 Å². The number of carbonyl (C=O) groups excluding carboxylic acids is 1. The minimum absolute atomic E-state index is 0.139. The molecular formula is C19H17Cl2N3O5. The highest BCUT2D eigenvalue weighted by atomic mass is 35.5. The van der Waals surface area contributed by atoms with Crippen molar-refractivity contribution in [3.05, 3.63) is 72.7 Å². The van der Waals surface area contributed by atoms with Gasteiger partial charge in [0.05, 0.1) is 22.5 Å². The Hall–Kier alpha value is -2.84. The summed E-state index contributed by atoms with van der Waals surface area (Å²) in [6, 6.07) is 8.74. The lowest BCUT2D eigenvalue weighted by molar-refractivity contribution is -0.384. The van der Waals surface area contributed by atoms with Gasteiger partial charge in [-0.2, -0.15) is 0 Å². The molecule has 10 heteroatoms. The van der Waals surface area contributed by atoms with Crippen LogP contribution in [0, 0.1) is 10.1 Å². The normalized spacial score (nSPS) is 12.1. The Morgan fingerprint density at radius 1 is 1.28 bits per heavy atom. The molecule has 2 aromatic carbocycles. The van der Waals surface area contributed by atoms with Crippen LogP contribution in [0.4, 0.5) is 5.69 Å². The van der Waals surface area contributed by atoms with Crippen LogP contribution in [0.3, 0.4) is 0 Å². The Balaban J connectivity index is 1.61. The molecule has 1 aromatic heterocycles. The molecule has 0 saturated carbocycles. The fourth-order valence-corrected chi connectivity index (χ4v) is 3.59. The van der Waals surface area contributed by atoms with E-state index in [0.29, 0.717) is 22.0 Å². The predicted octanol–water partition coefficient (Wildman–Crippen LogP) is 4.47. The first-order chi connectivity index (χ1) is 13.8. The average Bonchev–Trinajstić information content (AvgIpc) is 2.96. The van der Waals surface area contributed by atoms with Gasteiger partial charge in [-0.25, -0.2) is 4.79 Å². The van der Waals surface area contributed by atoms with Crippen LogP contribution in [-0.4, -0.2) is 15.4 Å². The number of non-ortho nitro benzene ring substituents is 1. The van der Waals surface area contributed by atoms with Gasteiger partial charge in [-0.3, -0.25) is 19.5 Å². The number of benzene rings is 2. The average molecular weight is 438 g/mol. The Morgan fingerprint density at radius 2 is 2.03 bits per heavy atom. The molecule has 1 atom stereocenters. The summed E-state index contributed by atoms with van der Waals surface area (Å²) < 4.78 is 6.42. The van der Waals surface area contributed by atoms with Crippen LogP contribution < -0.4 is 11.1 Å². The third kappa shape index (κ3) is 4.78. The molecule has 1 amide bonds. The summed E-state index contributed by atoms with van der Waals surface area (Å²) in [5.74, 6) is -0.817. The van der Waals surface area contributed by atoms with E-state index in [2.05, 4.69) is 5.32 Å². The standard InChI is InChI=1S/C19H17Cl2N3O5/c1-11(14-6-4-12(20)9-15(14)21)22-18(25)3-2-8-23-16-7-5-13(24(27)28)10-17(16)29-19(23)26/h4-7,9-11H,2-3,8H2,1H3,(H,22,25). The lowest BCUT2D eigenvalue weighted by Crippen LogP contribution is -2.27. The smallest absolute Gasteiger partial charge is 0.407 e. The second kappa shape index (κ2) is 8.67. The summed E-state index contributed by atoms with van der Waals surface area (Å²) in [4.78, 5) is 34.5. The monoisotopic (exact) mass is 437 g/mol. The highest BCUT2D eigenvalue weighted by Crippen LogP contribution is 2.26. The Kier molecular flexibility index (Phi) is 6.24. The minimum atomic E-state index is -0.623. The topological polar surface area (TPSA) is 107 Å². The Morgan fingerprint density at radius 3 is 2.72 bits per heavy atom. The summed E-state index contributed by atoms with van der Waals surface area (Å²) in [5, 5.41) is 14.7. The molecule has 0 radical (unpaired) electrons. The first kappa shape index (κ1) is 20.9. The second-order valence-corrected chi connectivity index (χ2v) is 7.33. The van der Waals surface area contributed by atoms with Crippen LogP contribution in [0.1, 0.15) is 31.4 Å². The van der Waals surface area contributed by atoms with Crippen molar-refractivity contribution in [2.24, 2.45) is 0 Å². The Bertz CT molecular complexity index is 1140. The summed E-state index contributed by atoms with van der Waals surface area (Å²) >= 11 is 12.0. The van der Waals surface area contributed by atoms with E-state index in [0.717, 1.165) is 5.56 Å². The maximum absolute atomic E-state index is 12.2. The Labute approximate surface area is 175 Å². The minimum Gasteiger partial charge on any atom is -0.407 e. The quantitative estimate of drug-likeness (QED) is 0.433. The van der Waals surface area contributed by atoms with Crippen LogP contribution >= 0.6 is 23.2 Å². The third-order valence-corrected chi connectivity index (χ3v) is 5.02. The summed E-state index contributed by atoms with van der Waals surface area (Å²) in [5.41, 5.74) is 1.18. The number of halogens is 2. The third-order valence-electron chi connectivity index (χ3n) is 4.45. The molecule has 0 fully saturated rings. The van der Waals surface area contributed by atoms with Gasteiger partial charge in [-0.1, -0.05) is 29.3 Å². The van der Waals surface area contributed by atoms with E-state index in [9.17, 15) is 19.7 Å². The maximum atomic E-state index is 12.2. The number of hydrogen-bond donors (Lipinski definition) is 1. The van der Waals surface area contributed by atoms with Crippen molar-refractivity contribution in [1.82, 2.24) is 9.88 Å². The van der Waals surface area contributed by atoms with Crippen LogP contribution in [0.25, 0.3) is 11.1 Å². The van der Waals surface area contributed by atoms with Crippen LogP contribution in [0.15, 0.2) is 45.6 Å². The van der Waals surface area contributed by atoms with Gasteiger partial charge in [0.2, 0.25) is 5.91 Å². The second-order valence-electron chi connectivity index (χ2n) is 6.49.